The van der Waals surface area contributed by atoms with Crippen LogP contribution in [-0.2, 0) is 0 Å². The minimum Gasteiger partial charge on any atom is -0.508 e. The van der Waals surface area contributed by atoms with Crippen molar-refractivity contribution < 1.29 is 19.5 Å². The molecule has 3 amide bonds. The SMILES string of the molecule is CN(C(=O)c1nc[nH]c1C(N)=O)c1ccc(NC(=O)c2cc(O)ccc2Cl)cc1. The van der Waals surface area contributed by atoms with Crippen LogP contribution < -0.4 is 16.0 Å². The van der Waals surface area contributed by atoms with E-state index in [-0.39, 0.29) is 27.7 Å². The van der Waals surface area contributed by atoms with Crippen molar-refractivity contribution in [2.75, 3.05) is 17.3 Å². The summed E-state index contributed by atoms with van der Waals surface area (Å²) in [5.41, 5.74) is 6.14. The summed E-state index contributed by atoms with van der Waals surface area (Å²) >= 11 is 5.99. The number of nitrogens with one attached hydrogen (secondary N) is 2. The van der Waals surface area contributed by atoms with Gasteiger partial charge in [-0.3, -0.25) is 14.4 Å². The highest BCUT2D eigenvalue weighted by molar-refractivity contribution is 6.34. The lowest BCUT2D eigenvalue weighted by Gasteiger charge is -2.17. The number of primary amides is 1. The number of rotatable bonds is 5. The van der Waals surface area contributed by atoms with Crippen molar-refractivity contribution in [1.29, 1.82) is 0 Å². The van der Waals surface area contributed by atoms with Gasteiger partial charge in [0.1, 0.15) is 11.4 Å². The van der Waals surface area contributed by atoms with E-state index in [1.165, 1.54) is 36.5 Å². The highest BCUT2D eigenvalue weighted by atomic mass is 35.5. The number of nitrogens with two attached hydrogens (primary N) is 1. The molecule has 9 nitrogen and oxygen atoms in total. The summed E-state index contributed by atoms with van der Waals surface area (Å²) in [4.78, 5) is 44.0. The third kappa shape index (κ3) is 4.19. The maximum Gasteiger partial charge on any atom is 0.279 e. The molecule has 3 aromatic rings. The van der Waals surface area contributed by atoms with Gasteiger partial charge in [0.2, 0.25) is 0 Å². The van der Waals surface area contributed by atoms with E-state index in [0.29, 0.717) is 11.4 Å². The molecule has 0 aliphatic rings. The predicted octanol–water partition coefficient (Wildman–Crippen LogP) is 2.40. The summed E-state index contributed by atoms with van der Waals surface area (Å²) in [6.45, 7) is 0. The first-order valence-electron chi connectivity index (χ1n) is 8.29. The topological polar surface area (TPSA) is 141 Å². The maximum atomic E-state index is 12.6. The average molecular weight is 414 g/mol. The Kier molecular flexibility index (Phi) is 5.51. The highest BCUT2D eigenvalue weighted by Gasteiger charge is 2.22. The zero-order valence-corrected chi connectivity index (χ0v) is 15.9. The van der Waals surface area contributed by atoms with Crippen molar-refractivity contribution >= 4 is 40.7 Å². The van der Waals surface area contributed by atoms with E-state index in [9.17, 15) is 19.5 Å². The molecule has 5 N–H and O–H groups in total. The molecule has 10 heteroatoms. The summed E-state index contributed by atoms with van der Waals surface area (Å²) in [7, 11) is 1.52. The fourth-order valence-electron chi connectivity index (χ4n) is 2.57. The minimum absolute atomic E-state index is 0.0753. The number of amides is 3. The summed E-state index contributed by atoms with van der Waals surface area (Å²) < 4.78 is 0. The Hall–Kier alpha value is -3.85. The van der Waals surface area contributed by atoms with Crippen molar-refractivity contribution in [3.63, 3.8) is 0 Å². The van der Waals surface area contributed by atoms with E-state index in [2.05, 4.69) is 15.3 Å². The third-order valence-corrected chi connectivity index (χ3v) is 4.43. The van der Waals surface area contributed by atoms with Crippen LogP contribution in [0.4, 0.5) is 11.4 Å². The number of H-pyrrole nitrogens is 1. The number of hydrogen-bond acceptors (Lipinski definition) is 5. The molecule has 148 valence electrons. The summed E-state index contributed by atoms with van der Waals surface area (Å²) in [6, 6.07) is 10.5. The van der Waals surface area contributed by atoms with Crippen molar-refractivity contribution in [3.05, 3.63) is 70.8 Å². The minimum atomic E-state index is -0.789. The molecule has 0 radical (unpaired) electrons. The molecule has 29 heavy (non-hydrogen) atoms. The molecule has 0 unspecified atom stereocenters. The number of carbonyl (C=O) groups excluding carboxylic acids is 3. The summed E-state index contributed by atoms with van der Waals surface area (Å²) in [6.07, 6.45) is 1.21. The highest BCUT2D eigenvalue weighted by Crippen LogP contribution is 2.24. The standard InChI is InChI=1S/C19H16ClN5O4/c1-25(19(29)16-15(17(21)27)22-9-23-16)11-4-2-10(3-5-11)24-18(28)13-8-12(26)6-7-14(13)20/h2-9,26H,1H3,(H2,21,27)(H,22,23)(H,24,28). The summed E-state index contributed by atoms with van der Waals surface area (Å²) in [5, 5.41) is 12.4. The number of nitrogens with zero attached hydrogens (tertiary/aromatic N) is 2. The monoisotopic (exact) mass is 413 g/mol. The largest absolute Gasteiger partial charge is 0.508 e. The Balaban J connectivity index is 1.75. The van der Waals surface area contributed by atoms with Crippen LogP contribution in [0.2, 0.25) is 5.02 Å². The molecule has 0 saturated carbocycles. The van der Waals surface area contributed by atoms with Crippen LogP contribution >= 0.6 is 11.6 Å². The van der Waals surface area contributed by atoms with Crippen molar-refractivity contribution in [2.24, 2.45) is 5.73 Å². The van der Waals surface area contributed by atoms with Gasteiger partial charge in [-0.1, -0.05) is 11.6 Å². The van der Waals surface area contributed by atoms with Gasteiger partial charge in [0.15, 0.2) is 5.69 Å². The number of halogens is 1. The molecule has 0 spiro atoms. The van der Waals surface area contributed by atoms with Crippen LogP contribution in [0.1, 0.15) is 31.3 Å². The number of anilines is 2. The molecule has 0 aliphatic carbocycles. The van der Waals surface area contributed by atoms with Gasteiger partial charge in [0.05, 0.1) is 16.9 Å². The molecular formula is C19H16ClN5O4. The van der Waals surface area contributed by atoms with Crippen molar-refractivity contribution in [3.8, 4) is 5.75 Å². The van der Waals surface area contributed by atoms with Crippen molar-refractivity contribution in [1.82, 2.24) is 9.97 Å². The molecule has 0 fully saturated rings. The number of imidazole rings is 1. The van der Waals surface area contributed by atoms with Gasteiger partial charge in [-0.15, -0.1) is 0 Å². The van der Waals surface area contributed by atoms with E-state index >= 15 is 0 Å². The summed E-state index contributed by atoms with van der Waals surface area (Å²) in [5.74, 6) is -1.89. The van der Waals surface area contributed by atoms with E-state index in [0.717, 1.165) is 0 Å². The number of aromatic amines is 1. The van der Waals surface area contributed by atoms with E-state index in [4.69, 9.17) is 17.3 Å². The van der Waals surface area contributed by atoms with Crippen LogP contribution in [0.25, 0.3) is 0 Å². The molecule has 3 rings (SSSR count). The number of aromatic nitrogens is 2. The van der Waals surface area contributed by atoms with E-state index in [1.807, 2.05) is 0 Å². The lowest BCUT2D eigenvalue weighted by Crippen LogP contribution is -2.29. The Morgan fingerprint density at radius 3 is 2.52 bits per heavy atom. The average Bonchev–Trinajstić information content (AvgIpc) is 3.19. The molecule has 0 atom stereocenters. The Bertz CT molecular complexity index is 1090. The molecule has 1 aromatic heterocycles. The lowest BCUT2D eigenvalue weighted by atomic mass is 10.2. The molecule has 0 saturated heterocycles. The van der Waals surface area contributed by atoms with Crippen molar-refractivity contribution in [2.45, 2.75) is 0 Å². The molecular weight excluding hydrogens is 398 g/mol. The zero-order valence-electron chi connectivity index (χ0n) is 15.1. The van der Waals surface area contributed by atoms with Gasteiger partial charge in [-0.05, 0) is 42.5 Å². The fourth-order valence-corrected chi connectivity index (χ4v) is 2.78. The Labute approximate surface area is 170 Å². The lowest BCUT2D eigenvalue weighted by molar-refractivity contribution is 0.0958. The number of hydrogen-bond donors (Lipinski definition) is 4. The second-order valence-corrected chi connectivity index (χ2v) is 6.43. The Morgan fingerprint density at radius 2 is 1.86 bits per heavy atom. The first-order chi connectivity index (χ1) is 13.8. The molecule has 2 aromatic carbocycles. The van der Waals surface area contributed by atoms with Crippen LogP contribution in [0.15, 0.2) is 48.8 Å². The zero-order chi connectivity index (χ0) is 21.1. The molecule has 0 aliphatic heterocycles. The van der Waals surface area contributed by atoms with Crippen LogP contribution in [-0.4, -0.2) is 39.8 Å². The first kappa shape index (κ1) is 19.9. The quantitative estimate of drug-likeness (QED) is 0.508. The molecule has 0 bridgehead atoms. The van der Waals surface area contributed by atoms with Gasteiger partial charge in [-0.25, -0.2) is 4.98 Å². The van der Waals surface area contributed by atoms with Gasteiger partial charge < -0.3 is 26.0 Å². The second-order valence-electron chi connectivity index (χ2n) is 6.02. The second kappa shape index (κ2) is 8.03. The van der Waals surface area contributed by atoms with Crippen LogP contribution in [0, 0.1) is 0 Å². The predicted molar refractivity (Wildman–Crippen MR) is 107 cm³/mol. The molecule has 1 heterocycles. The smallest absolute Gasteiger partial charge is 0.279 e. The maximum absolute atomic E-state index is 12.6. The van der Waals surface area contributed by atoms with Gasteiger partial charge in [0.25, 0.3) is 17.7 Å². The number of benzene rings is 2. The van der Waals surface area contributed by atoms with Gasteiger partial charge in [0, 0.05) is 18.4 Å². The van der Waals surface area contributed by atoms with E-state index < -0.39 is 17.7 Å². The van der Waals surface area contributed by atoms with E-state index in [1.54, 1.807) is 24.3 Å². The third-order valence-electron chi connectivity index (χ3n) is 4.10. The van der Waals surface area contributed by atoms with Crippen LogP contribution in [0.3, 0.4) is 0 Å². The first-order valence-corrected chi connectivity index (χ1v) is 8.67. The Morgan fingerprint density at radius 1 is 1.17 bits per heavy atom. The van der Waals surface area contributed by atoms with Crippen LogP contribution in [0.5, 0.6) is 5.75 Å². The number of aromatic hydroxyl groups is 1. The fraction of sp³-hybridized carbons (Fsp3) is 0.0526. The number of phenols is 1. The number of phenolic OH excluding ortho intramolecular Hbond substituents is 1. The normalized spacial score (nSPS) is 10.4. The van der Waals surface area contributed by atoms with Gasteiger partial charge >= 0.3 is 0 Å². The van der Waals surface area contributed by atoms with Gasteiger partial charge in [-0.2, -0.15) is 0 Å². The number of carbonyl (C=O) groups is 3.